The van der Waals surface area contributed by atoms with Gasteiger partial charge in [-0.2, -0.15) is 5.26 Å². The largest absolute Gasteiger partial charge is 0.453 e. The minimum Gasteiger partial charge on any atom is -0.453 e. The number of H-pyrrole nitrogens is 1. The van der Waals surface area contributed by atoms with Crippen LogP contribution in [-0.2, 0) is 6.54 Å². The van der Waals surface area contributed by atoms with Crippen LogP contribution in [0.1, 0.15) is 21.6 Å². The number of fused-ring (bicyclic) bond motifs is 1. The Morgan fingerprint density at radius 1 is 1.15 bits per heavy atom. The molecule has 34 heavy (non-hydrogen) atoms. The molecule has 6 nitrogen and oxygen atoms in total. The molecule has 0 fully saturated rings. The van der Waals surface area contributed by atoms with Gasteiger partial charge in [0.05, 0.1) is 16.7 Å². The van der Waals surface area contributed by atoms with Gasteiger partial charge in [-0.1, -0.05) is 29.3 Å². The molecule has 0 aliphatic carbocycles. The quantitative estimate of drug-likeness (QED) is 0.329. The van der Waals surface area contributed by atoms with Crippen molar-refractivity contribution in [3.8, 4) is 17.6 Å². The number of benzene rings is 3. The second kappa shape index (κ2) is 9.64. The molecule has 1 heterocycles. The zero-order valence-electron chi connectivity index (χ0n) is 18.2. The molecule has 0 saturated heterocycles. The van der Waals surface area contributed by atoms with E-state index in [9.17, 15) is 4.79 Å². The van der Waals surface area contributed by atoms with Crippen molar-refractivity contribution in [3.05, 3.63) is 87.3 Å². The van der Waals surface area contributed by atoms with Crippen LogP contribution < -0.4 is 15.0 Å². The van der Waals surface area contributed by atoms with E-state index in [1.807, 2.05) is 43.3 Å². The van der Waals surface area contributed by atoms with Crippen LogP contribution in [0.25, 0.3) is 10.9 Å². The lowest BCUT2D eigenvalue weighted by atomic mass is 10.2. The van der Waals surface area contributed by atoms with E-state index < -0.39 is 5.82 Å². The minimum absolute atomic E-state index is 0.0402. The number of carbonyl (C=O) groups is 1. The van der Waals surface area contributed by atoms with Crippen LogP contribution in [0.5, 0.6) is 11.5 Å². The second-order valence-corrected chi connectivity index (χ2v) is 8.61. The van der Waals surface area contributed by atoms with Crippen molar-refractivity contribution in [2.24, 2.45) is 0 Å². The monoisotopic (exact) mass is 496 g/mol. The molecule has 0 unspecified atom stereocenters. The number of hydrogen-bond acceptors (Lipinski definition) is 4. The third-order valence-electron chi connectivity index (χ3n) is 5.15. The van der Waals surface area contributed by atoms with Crippen molar-refractivity contribution in [1.82, 2.24) is 10.3 Å². The van der Waals surface area contributed by atoms with E-state index in [1.165, 1.54) is 30.3 Å². The van der Waals surface area contributed by atoms with E-state index >= 15 is 4.39 Å². The number of nitrogens with zero attached hydrogens (tertiary/aromatic N) is 2. The van der Waals surface area contributed by atoms with Gasteiger partial charge >= 0.3 is 0 Å². The van der Waals surface area contributed by atoms with Crippen molar-refractivity contribution in [2.75, 3.05) is 19.0 Å². The van der Waals surface area contributed by atoms with Crippen LogP contribution in [0.4, 0.5) is 10.1 Å². The first-order valence-corrected chi connectivity index (χ1v) is 10.9. The van der Waals surface area contributed by atoms with E-state index in [-0.39, 0.29) is 45.1 Å². The standard InChI is InChI=1S/C25H19Cl2FN4O2/c1-32(2)18-4-6-21-16(9-18)10-22(31-21)25(33)30-13-15-3-5-20(27)24(23(15)28)34-19-8-14(12-29)7-17(26)11-19/h3-11,31H,13H2,1-2H3,(H,30,33). The second-order valence-electron chi connectivity index (χ2n) is 7.77. The summed E-state index contributed by atoms with van der Waals surface area (Å²) in [6, 6.07) is 16.8. The van der Waals surface area contributed by atoms with Gasteiger partial charge in [-0.05, 0) is 48.5 Å². The number of rotatable bonds is 6. The summed E-state index contributed by atoms with van der Waals surface area (Å²) in [6.07, 6.45) is 0. The molecule has 4 aromatic rings. The summed E-state index contributed by atoms with van der Waals surface area (Å²) in [5.41, 5.74) is 2.64. The Morgan fingerprint density at radius 3 is 2.68 bits per heavy atom. The topological polar surface area (TPSA) is 81.2 Å². The van der Waals surface area contributed by atoms with E-state index in [4.69, 9.17) is 33.2 Å². The number of halogens is 3. The van der Waals surface area contributed by atoms with Gasteiger partial charge in [0.2, 0.25) is 0 Å². The van der Waals surface area contributed by atoms with Crippen molar-refractivity contribution in [1.29, 1.82) is 5.26 Å². The maximum atomic E-state index is 15.2. The average Bonchev–Trinajstić information content (AvgIpc) is 3.24. The highest BCUT2D eigenvalue weighted by molar-refractivity contribution is 6.32. The summed E-state index contributed by atoms with van der Waals surface area (Å²) in [5, 5.41) is 13.0. The number of nitriles is 1. The van der Waals surface area contributed by atoms with Crippen molar-refractivity contribution >= 4 is 45.7 Å². The molecule has 4 rings (SSSR count). The van der Waals surface area contributed by atoms with E-state index in [0.29, 0.717) is 5.69 Å². The SMILES string of the molecule is CN(C)c1ccc2[nH]c(C(=O)NCc3ccc(Cl)c(Oc4cc(Cl)cc(C#N)c4)c3F)cc2c1. The number of nitrogens with one attached hydrogen (secondary N) is 2. The summed E-state index contributed by atoms with van der Waals surface area (Å²) >= 11 is 12.1. The minimum atomic E-state index is -0.724. The van der Waals surface area contributed by atoms with Crippen molar-refractivity contribution < 1.29 is 13.9 Å². The maximum absolute atomic E-state index is 15.2. The summed E-state index contributed by atoms with van der Waals surface area (Å²) in [6.45, 7) is -0.0878. The Morgan fingerprint density at radius 2 is 1.94 bits per heavy atom. The third kappa shape index (κ3) is 4.93. The lowest BCUT2D eigenvalue weighted by molar-refractivity contribution is 0.0946. The van der Waals surface area contributed by atoms with Crippen LogP contribution in [0.2, 0.25) is 10.0 Å². The molecule has 0 aliphatic rings. The molecule has 9 heteroatoms. The molecule has 2 N–H and O–H groups in total. The maximum Gasteiger partial charge on any atom is 0.267 e. The van der Waals surface area contributed by atoms with E-state index in [2.05, 4.69) is 10.3 Å². The van der Waals surface area contributed by atoms with E-state index in [0.717, 1.165) is 16.6 Å². The van der Waals surface area contributed by atoms with Gasteiger partial charge in [0.1, 0.15) is 11.4 Å². The molecule has 0 spiro atoms. The predicted molar refractivity (Wildman–Crippen MR) is 131 cm³/mol. The fraction of sp³-hybridized carbons (Fsp3) is 0.120. The molecule has 3 aromatic carbocycles. The Bertz CT molecular complexity index is 1440. The fourth-order valence-corrected chi connectivity index (χ4v) is 3.81. The van der Waals surface area contributed by atoms with Gasteiger partial charge in [-0.25, -0.2) is 4.39 Å². The summed E-state index contributed by atoms with van der Waals surface area (Å²) in [5.74, 6) is -1.16. The number of carbonyl (C=O) groups excluding carboxylic acids is 1. The van der Waals surface area contributed by atoms with Crippen LogP contribution >= 0.6 is 23.2 Å². The zero-order chi connectivity index (χ0) is 24.4. The Kier molecular flexibility index (Phi) is 6.64. The summed E-state index contributed by atoms with van der Waals surface area (Å²) in [4.78, 5) is 17.7. The molecule has 0 radical (unpaired) electrons. The molecule has 172 valence electrons. The van der Waals surface area contributed by atoms with Gasteiger partial charge in [0.15, 0.2) is 11.6 Å². The number of aromatic nitrogens is 1. The highest BCUT2D eigenvalue weighted by Crippen LogP contribution is 2.35. The third-order valence-corrected chi connectivity index (χ3v) is 5.67. The smallest absolute Gasteiger partial charge is 0.267 e. The molecule has 0 aliphatic heterocycles. The van der Waals surface area contributed by atoms with Crippen LogP contribution in [0, 0.1) is 17.1 Å². The Balaban J connectivity index is 1.52. The number of ether oxygens (including phenoxy) is 1. The van der Waals surface area contributed by atoms with Gasteiger partial charge < -0.3 is 19.9 Å². The number of amides is 1. The van der Waals surface area contributed by atoms with Gasteiger partial charge in [0, 0.05) is 47.8 Å². The van der Waals surface area contributed by atoms with Gasteiger partial charge in [-0.3, -0.25) is 4.79 Å². The molecule has 1 amide bonds. The molecular formula is C25H19Cl2FN4O2. The Labute approximate surface area is 205 Å². The first kappa shape index (κ1) is 23.4. The predicted octanol–water partition coefficient (Wildman–Crippen LogP) is 6.27. The van der Waals surface area contributed by atoms with Crippen LogP contribution in [0.15, 0.2) is 54.6 Å². The van der Waals surface area contributed by atoms with E-state index in [1.54, 1.807) is 6.07 Å². The fourth-order valence-electron chi connectivity index (χ4n) is 3.40. The first-order chi connectivity index (χ1) is 16.2. The molecule has 0 atom stereocenters. The molecular weight excluding hydrogens is 478 g/mol. The lowest BCUT2D eigenvalue weighted by Gasteiger charge is -2.13. The average molecular weight is 497 g/mol. The molecule has 0 bridgehead atoms. The highest BCUT2D eigenvalue weighted by atomic mass is 35.5. The molecule has 0 saturated carbocycles. The highest BCUT2D eigenvalue weighted by Gasteiger charge is 2.17. The normalized spacial score (nSPS) is 10.7. The zero-order valence-corrected chi connectivity index (χ0v) is 19.8. The first-order valence-electron chi connectivity index (χ1n) is 10.2. The van der Waals surface area contributed by atoms with Crippen LogP contribution in [-0.4, -0.2) is 25.0 Å². The van der Waals surface area contributed by atoms with Gasteiger partial charge in [0.25, 0.3) is 5.91 Å². The van der Waals surface area contributed by atoms with Gasteiger partial charge in [-0.15, -0.1) is 0 Å². The van der Waals surface area contributed by atoms with Crippen molar-refractivity contribution in [2.45, 2.75) is 6.54 Å². The Hall–Kier alpha value is -3.73. The number of anilines is 1. The number of aromatic amines is 1. The lowest BCUT2D eigenvalue weighted by Crippen LogP contribution is -2.23. The summed E-state index contributed by atoms with van der Waals surface area (Å²) in [7, 11) is 3.88. The van der Waals surface area contributed by atoms with Crippen molar-refractivity contribution in [3.63, 3.8) is 0 Å². The summed E-state index contributed by atoms with van der Waals surface area (Å²) < 4.78 is 20.8. The number of hydrogen-bond donors (Lipinski definition) is 2. The molecule has 1 aromatic heterocycles. The van der Waals surface area contributed by atoms with Crippen LogP contribution in [0.3, 0.4) is 0 Å².